The third-order valence-electron chi connectivity index (χ3n) is 4.05. The van der Waals surface area contributed by atoms with Gasteiger partial charge in [-0.15, -0.1) is 16.4 Å². The number of hydrazone groups is 1. The SMILES string of the molecule is CCCCSC1=NN2C(=c3ccccc3=NC2c2cccs2)C(=O)N1. The van der Waals surface area contributed by atoms with Crippen molar-refractivity contribution in [3.63, 3.8) is 0 Å². The molecular weight excluding hydrogens is 352 g/mol. The molecule has 1 N–H and O–H groups in total. The van der Waals surface area contributed by atoms with Gasteiger partial charge >= 0.3 is 0 Å². The summed E-state index contributed by atoms with van der Waals surface area (Å²) in [7, 11) is 0. The lowest BCUT2D eigenvalue weighted by atomic mass is 10.1. The van der Waals surface area contributed by atoms with Crippen molar-refractivity contribution in [1.29, 1.82) is 0 Å². The van der Waals surface area contributed by atoms with Gasteiger partial charge in [-0.1, -0.05) is 49.4 Å². The van der Waals surface area contributed by atoms with E-state index >= 15 is 0 Å². The van der Waals surface area contributed by atoms with Crippen LogP contribution in [0, 0.1) is 0 Å². The average molecular weight is 371 g/mol. The number of rotatable bonds is 4. The van der Waals surface area contributed by atoms with Crippen LogP contribution in [0.15, 0.2) is 51.9 Å². The molecular formula is C18H18N4OS2. The summed E-state index contributed by atoms with van der Waals surface area (Å²) in [5, 5.41) is 13.8. The fourth-order valence-corrected chi connectivity index (χ4v) is 4.51. The number of nitrogens with one attached hydrogen (secondary N) is 1. The van der Waals surface area contributed by atoms with Gasteiger partial charge in [0.05, 0.1) is 10.2 Å². The topological polar surface area (TPSA) is 57.1 Å². The second-order valence-corrected chi connectivity index (χ2v) is 7.85. The molecule has 128 valence electrons. The highest BCUT2D eigenvalue weighted by molar-refractivity contribution is 8.13. The van der Waals surface area contributed by atoms with Crippen molar-refractivity contribution in [2.24, 2.45) is 10.1 Å². The molecule has 7 heteroatoms. The van der Waals surface area contributed by atoms with E-state index in [9.17, 15) is 4.79 Å². The normalized spacial score (nSPS) is 18.8. The minimum absolute atomic E-state index is 0.113. The first-order valence-corrected chi connectivity index (χ1v) is 10.2. The summed E-state index contributed by atoms with van der Waals surface area (Å²) < 4.78 is 0. The van der Waals surface area contributed by atoms with Gasteiger partial charge in [-0.2, -0.15) is 0 Å². The van der Waals surface area contributed by atoms with E-state index in [2.05, 4.69) is 12.2 Å². The van der Waals surface area contributed by atoms with Gasteiger partial charge in [-0.05, 0) is 23.9 Å². The molecule has 0 aliphatic carbocycles. The van der Waals surface area contributed by atoms with Crippen molar-refractivity contribution in [3.05, 3.63) is 57.2 Å². The molecule has 2 aliphatic rings. The number of amides is 1. The largest absolute Gasteiger partial charge is 0.298 e. The number of benzene rings is 1. The molecule has 1 amide bonds. The maximum absolute atomic E-state index is 12.8. The third kappa shape index (κ3) is 3.09. The standard InChI is InChI=1S/C18H18N4OS2/c1-2-3-10-25-18-20-17(23)15-12-7-4-5-8-13(12)19-16(22(15)21-18)14-9-6-11-24-14/h4-9,11,16H,2-3,10H2,1H3,(H,20,21,23). The summed E-state index contributed by atoms with van der Waals surface area (Å²) >= 11 is 3.21. The number of carbonyl (C=O) groups excluding carboxylic acids is 1. The number of hydrogen-bond donors (Lipinski definition) is 1. The molecule has 0 bridgehead atoms. The van der Waals surface area contributed by atoms with Crippen LogP contribution in [0.3, 0.4) is 0 Å². The Bertz CT molecular complexity index is 936. The molecule has 1 atom stereocenters. The summed E-state index contributed by atoms with van der Waals surface area (Å²) in [6, 6.07) is 11.8. The molecule has 0 saturated carbocycles. The third-order valence-corrected chi connectivity index (χ3v) is 5.91. The van der Waals surface area contributed by atoms with E-state index in [0.717, 1.165) is 34.0 Å². The fraction of sp³-hybridized carbons (Fsp3) is 0.278. The second kappa shape index (κ2) is 7.01. The zero-order valence-electron chi connectivity index (χ0n) is 13.8. The van der Waals surface area contributed by atoms with Crippen LogP contribution < -0.4 is 15.9 Å². The molecule has 0 radical (unpaired) electrons. The predicted molar refractivity (Wildman–Crippen MR) is 102 cm³/mol. The molecule has 0 spiro atoms. The Kier molecular flexibility index (Phi) is 4.59. The van der Waals surface area contributed by atoms with Gasteiger partial charge in [0.2, 0.25) is 0 Å². The molecule has 0 saturated heterocycles. The number of unbranched alkanes of at least 4 members (excludes halogenated alkanes) is 1. The Labute approximate surface area is 154 Å². The van der Waals surface area contributed by atoms with Crippen molar-refractivity contribution < 1.29 is 4.79 Å². The van der Waals surface area contributed by atoms with Gasteiger partial charge < -0.3 is 0 Å². The minimum atomic E-state index is -0.294. The van der Waals surface area contributed by atoms with E-state index in [0.29, 0.717) is 10.9 Å². The maximum atomic E-state index is 12.8. The predicted octanol–water partition coefficient (Wildman–Crippen LogP) is 2.42. The van der Waals surface area contributed by atoms with Gasteiger partial charge in [0.25, 0.3) is 5.91 Å². The van der Waals surface area contributed by atoms with E-state index in [4.69, 9.17) is 10.1 Å². The molecule has 1 aromatic carbocycles. The number of thiophene rings is 1. The van der Waals surface area contributed by atoms with E-state index in [1.807, 2.05) is 41.8 Å². The number of carbonyl (C=O) groups is 1. The number of hydrogen-bond acceptors (Lipinski definition) is 6. The number of fused-ring (bicyclic) bond motifs is 2. The molecule has 2 aliphatic heterocycles. The van der Waals surface area contributed by atoms with Crippen LogP contribution in [0.1, 0.15) is 30.8 Å². The molecule has 5 nitrogen and oxygen atoms in total. The molecule has 25 heavy (non-hydrogen) atoms. The Hall–Kier alpha value is -2.12. The Morgan fingerprint density at radius 1 is 1.28 bits per heavy atom. The zero-order valence-corrected chi connectivity index (χ0v) is 15.4. The number of amidine groups is 1. The van der Waals surface area contributed by atoms with Gasteiger partial charge in [-0.25, -0.2) is 5.01 Å². The van der Waals surface area contributed by atoms with Gasteiger partial charge in [0.1, 0.15) is 5.70 Å². The molecule has 3 heterocycles. The van der Waals surface area contributed by atoms with Crippen molar-refractivity contribution in [1.82, 2.24) is 10.3 Å². The lowest BCUT2D eigenvalue weighted by molar-refractivity contribution is -0.116. The van der Waals surface area contributed by atoms with Crippen LogP contribution in [0.25, 0.3) is 5.70 Å². The van der Waals surface area contributed by atoms with E-state index in [-0.39, 0.29) is 12.1 Å². The van der Waals surface area contributed by atoms with Crippen molar-refractivity contribution in [3.8, 4) is 0 Å². The molecule has 0 fully saturated rings. The summed E-state index contributed by atoms with van der Waals surface area (Å²) in [5.74, 6) is 0.828. The first-order chi connectivity index (χ1) is 12.3. The fourth-order valence-electron chi connectivity index (χ4n) is 2.83. The van der Waals surface area contributed by atoms with Crippen LogP contribution in [-0.4, -0.2) is 21.8 Å². The Morgan fingerprint density at radius 3 is 2.96 bits per heavy atom. The van der Waals surface area contributed by atoms with Crippen LogP contribution in [0.2, 0.25) is 0 Å². The van der Waals surface area contributed by atoms with E-state index in [1.165, 1.54) is 0 Å². The second-order valence-electron chi connectivity index (χ2n) is 5.79. The van der Waals surface area contributed by atoms with E-state index in [1.54, 1.807) is 28.1 Å². The number of nitrogens with zero attached hydrogens (tertiary/aromatic N) is 3. The van der Waals surface area contributed by atoms with Crippen molar-refractivity contribution in [2.75, 3.05) is 5.75 Å². The molecule has 4 rings (SSSR count). The Morgan fingerprint density at radius 2 is 2.16 bits per heavy atom. The highest BCUT2D eigenvalue weighted by Crippen LogP contribution is 2.32. The Balaban J connectivity index is 1.82. The summed E-state index contributed by atoms with van der Waals surface area (Å²) in [6.45, 7) is 2.15. The van der Waals surface area contributed by atoms with Crippen LogP contribution in [-0.2, 0) is 4.79 Å². The summed E-state index contributed by atoms with van der Waals surface area (Å²) in [5.41, 5.74) is 0.573. The van der Waals surface area contributed by atoms with Crippen LogP contribution >= 0.6 is 23.1 Å². The van der Waals surface area contributed by atoms with Crippen molar-refractivity contribution >= 4 is 39.9 Å². The maximum Gasteiger partial charge on any atom is 0.276 e. The highest BCUT2D eigenvalue weighted by atomic mass is 32.2. The number of thioether (sulfide) groups is 1. The molecule has 2 aromatic rings. The van der Waals surface area contributed by atoms with Gasteiger partial charge in [0.15, 0.2) is 11.3 Å². The minimum Gasteiger partial charge on any atom is -0.298 e. The number of para-hydroxylation sites is 1. The smallest absolute Gasteiger partial charge is 0.276 e. The average Bonchev–Trinajstić information content (AvgIpc) is 3.15. The molecule has 1 unspecified atom stereocenters. The lowest BCUT2D eigenvalue weighted by Gasteiger charge is -2.33. The van der Waals surface area contributed by atoms with Gasteiger partial charge in [-0.3, -0.25) is 15.1 Å². The lowest BCUT2D eigenvalue weighted by Crippen LogP contribution is -2.50. The van der Waals surface area contributed by atoms with Crippen LogP contribution in [0.5, 0.6) is 0 Å². The first-order valence-electron chi connectivity index (χ1n) is 8.30. The van der Waals surface area contributed by atoms with E-state index < -0.39 is 0 Å². The highest BCUT2D eigenvalue weighted by Gasteiger charge is 2.34. The summed E-state index contributed by atoms with van der Waals surface area (Å²) in [6.07, 6.45) is 1.92. The van der Waals surface area contributed by atoms with Gasteiger partial charge in [0, 0.05) is 11.0 Å². The van der Waals surface area contributed by atoms with Crippen molar-refractivity contribution in [2.45, 2.75) is 25.9 Å². The van der Waals surface area contributed by atoms with Crippen LogP contribution in [0.4, 0.5) is 0 Å². The monoisotopic (exact) mass is 370 g/mol. The summed E-state index contributed by atoms with van der Waals surface area (Å²) in [4.78, 5) is 18.8. The first kappa shape index (κ1) is 16.4. The molecule has 1 aromatic heterocycles. The zero-order chi connectivity index (χ0) is 17.2. The quantitative estimate of drug-likeness (QED) is 0.841.